The third-order valence-corrected chi connectivity index (χ3v) is 4.54. The summed E-state index contributed by atoms with van der Waals surface area (Å²) in [4.78, 5) is 30.3. The molecular weight excluding hydrogens is 412 g/mol. The van der Waals surface area contributed by atoms with E-state index in [0.29, 0.717) is 12.4 Å². The van der Waals surface area contributed by atoms with Gasteiger partial charge in [-0.3, -0.25) is 14.5 Å². The summed E-state index contributed by atoms with van der Waals surface area (Å²) in [6.07, 6.45) is 1.60. The summed E-state index contributed by atoms with van der Waals surface area (Å²) in [7, 11) is 3.32. The summed E-state index contributed by atoms with van der Waals surface area (Å²) < 4.78 is 6.11. The van der Waals surface area contributed by atoms with Crippen LogP contribution in [0.5, 0.6) is 5.75 Å². The van der Waals surface area contributed by atoms with Gasteiger partial charge < -0.3 is 15.4 Å². The molecular formula is C19H23BrN4O3. The van der Waals surface area contributed by atoms with Crippen LogP contribution >= 0.6 is 15.9 Å². The zero-order valence-electron chi connectivity index (χ0n) is 15.5. The summed E-state index contributed by atoms with van der Waals surface area (Å²) in [6, 6.07) is 10.5. The molecule has 1 unspecified atom stereocenters. The number of amides is 2. The molecule has 2 aromatic rings. The van der Waals surface area contributed by atoms with E-state index < -0.39 is 6.04 Å². The highest BCUT2D eigenvalue weighted by atomic mass is 79.9. The average Bonchev–Trinajstić information content (AvgIpc) is 2.67. The molecule has 1 aromatic carbocycles. The molecule has 27 heavy (non-hydrogen) atoms. The number of ether oxygens (including phenoxy) is 1. The number of methoxy groups -OCH3 is 1. The van der Waals surface area contributed by atoms with Crippen molar-refractivity contribution in [1.82, 2.24) is 15.2 Å². The maximum absolute atomic E-state index is 12.4. The van der Waals surface area contributed by atoms with Crippen LogP contribution in [-0.2, 0) is 16.1 Å². The van der Waals surface area contributed by atoms with Gasteiger partial charge in [-0.05, 0) is 48.1 Å². The zero-order chi connectivity index (χ0) is 19.8. The van der Waals surface area contributed by atoms with E-state index in [-0.39, 0.29) is 18.4 Å². The Bertz CT molecular complexity index is 783. The van der Waals surface area contributed by atoms with Crippen molar-refractivity contribution in [3.8, 4) is 5.75 Å². The van der Waals surface area contributed by atoms with Crippen molar-refractivity contribution < 1.29 is 14.3 Å². The van der Waals surface area contributed by atoms with Gasteiger partial charge in [-0.2, -0.15) is 0 Å². The van der Waals surface area contributed by atoms with Crippen LogP contribution in [0.3, 0.4) is 0 Å². The molecule has 1 aromatic heterocycles. The minimum absolute atomic E-state index is 0.0704. The van der Waals surface area contributed by atoms with Crippen LogP contribution in [0.4, 0.5) is 5.82 Å². The summed E-state index contributed by atoms with van der Waals surface area (Å²) in [5, 5.41) is 5.58. The Labute approximate surface area is 167 Å². The molecule has 2 amide bonds. The molecule has 0 aliphatic heterocycles. The van der Waals surface area contributed by atoms with E-state index in [1.165, 1.54) is 0 Å². The van der Waals surface area contributed by atoms with E-state index >= 15 is 0 Å². The molecule has 0 aliphatic carbocycles. The number of nitrogens with zero attached hydrogens (tertiary/aromatic N) is 2. The standard InChI is InChI=1S/C19H23BrN4O3/c1-13(19(26)22-10-14-6-4-5-7-16(14)27-3)24(2)12-18(25)23-17-9-8-15(20)11-21-17/h4-9,11,13H,10,12H2,1-3H3,(H,22,26)(H,21,23,25). The first-order chi connectivity index (χ1) is 12.9. The lowest BCUT2D eigenvalue weighted by molar-refractivity contribution is -0.126. The summed E-state index contributed by atoms with van der Waals surface area (Å²) in [5.74, 6) is 0.778. The minimum Gasteiger partial charge on any atom is -0.496 e. The minimum atomic E-state index is -0.469. The van der Waals surface area contributed by atoms with Gasteiger partial charge in [-0.15, -0.1) is 0 Å². The Hall–Kier alpha value is -2.45. The van der Waals surface area contributed by atoms with Crippen LogP contribution in [-0.4, -0.2) is 48.4 Å². The van der Waals surface area contributed by atoms with Crippen LogP contribution in [0.15, 0.2) is 47.1 Å². The number of para-hydroxylation sites is 1. The second-order valence-corrected chi connectivity index (χ2v) is 6.95. The SMILES string of the molecule is COc1ccccc1CNC(=O)C(C)N(C)CC(=O)Nc1ccc(Br)cn1. The summed E-state index contributed by atoms with van der Waals surface area (Å²) >= 11 is 3.29. The van der Waals surface area contributed by atoms with E-state index in [4.69, 9.17) is 4.74 Å². The molecule has 0 saturated heterocycles. The van der Waals surface area contributed by atoms with Crippen molar-refractivity contribution in [3.63, 3.8) is 0 Å². The predicted octanol–water partition coefficient (Wildman–Crippen LogP) is 2.43. The summed E-state index contributed by atoms with van der Waals surface area (Å²) in [5.41, 5.74) is 0.891. The van der Waals surface area contributed by atoms with Gasteiger partial charge in [0.15, 0.2) is 0 Å². The number of carbonyl (C=O) groups is 2. The highest BCUT2D eigenvalue weighted by Gasteiger charge is 2.20. The smallest absolute Gasteiger partial charge is 0.239 e. The maximum Gasteiger partial charge on any atom is 0.239 e. The lowest BCUT2D eigenvalue weighted by Gasteiger charge is -2.23. The van der Waals surface area contributed by atoms with Gasteiger partial charge >= 0.3 is 0 Å². The second-order valence-electron chi connectivity index (χ2n) is 6.03. The molecule has 144 valence electrons. The number of likely N-dealkylation sites (N-methyl/N-ethyl adjacent to an activating group) is 1. The molecule has 7 nitrogen and oxygen atoms in total. The van der Waals surface area contributed by atoms with Crippen LogP contribution in [0.1, 0.15) is 12.5 Å². The number of halogens is 1. The normalized spacial score (nSPS) is 11.7. The molecule has 1 atom stereocenters. The molecule has 2 N–H and O–H groups in total. The fourth-order valence-electron chi connectivity index (χ4n) is 2.37. The van der Waals surface area contributed by atoms with Gasteiger partial charge in [0.1, 0.15) is 11.6 Å². The number of nitrogens with one attached hydrogen (secondary N) is 2. The van der Waals surface area contributed by atoms with Crippen molar-refractivity contribution in [2.75, 3.05) is 26.0 Å². The van der Waals surface area contributed by atoms with Crippen molar-refractivity contribution in [2.45, 2.75) is 19.5 Å². The highest BCUT2D eigenvalue weighted by molar-refractivity contribution is 9.10. The number of hydrogen-bond acceptors (Lipinski definition) is 5. The summed E-state index contributed by atoms with van der Waals surface area (Å²) in [6.45, 7) is 2.18. The number of aromatic nitrogens is 1. The fourth-order valence-corrected chi connectivity index (χ4v) is 2.61. The maximum atomic E-state index is 12.4. The first-order valence-corrected chi connectivity index (χ1v) is 9.21. The molecule has 1 heterocycles. The first-order valence-electron chi connectivity index (χ1n) is 8.42. The van der Waals surface area contributed by atoms with E-state index in [2.05, 4.69) is 31.5 Å². The van der Waals surface area contributed by atoms with Gasteiger partial charge in [0.2, 0.25) is 11.8 Å². The molecule has 0 saturated carbocycles. The number of carbonyl (C=O) groups excluding carboxylic acids is 2. The topological polar surface area (TPSA) is 83.6 Å². The number of pyridine rings is 1. The molecule has 0 fully saturated rings. The number of rotatable bonds is 8. The van der Waals surface area contributed by atoms with Crippen molar-refractivity contribution in [1.29, 1.82) is 0 Å². The largest absolute Gasteiger partial charge is 0.496 e. The molecule has 0 aliphatic rings. The van der Waals surface area contributed by atoms with Gasteiger partial charge in [0.05, 0.1) is 19.7 Å². The molecule has 2 rings (SSSR count). The monoisotopic (exact) mass is 434 g/mol. The van der Waals surface area contributed by atoms with E-state index in [9.17, 15) is 9.59 Å². The quantitative estimate of drug-likeness (QED) is 0.666. The Morgan fingerprint density at radius 2 is 2.00 bits per heavy atom. The van der Waals surface area contributed by atoms with E-state index in [1.807, 2.05) is 24.3 Å². The number of hydrogen-bond donors (Lipinski definition) is 2. The van der Waals surface area contributed by atoms with E-state index in [1.54, 1.807) is 44.3 Å². The van der Waals surface area contributed by atoms with Crippen LogP contribution in [0.2, 0.25) is 0 Å². The van der Waals surface area contributed by atoms with Crippen molar-refractivity contribution in [3.05, 3.63) is 52.6 Å². The van der Waals surface area contributed by atoms with Crippen molar-refractivity contribution in [2.24, 2.45) is 0 Å². The van der Waals surface area contributed by atoms with Crippen LogP contribution in [0.25, 0.3) is 0 Å². The Morgan fingerprint density at radius 3 is 2.67 bits per heavy atom. The lowest BCUT2D eigenvalue weighted by Crippen LogP contribution is -2.45. The average molecular weight is 435 g/mol. The number of benzene rings is 1. The zero-order valence-corrected chi connectivity index (χ0v) is 17.1. The predicted molar refractivity (Wildman–Crippen MR) is 107 cm³/mol. The second kappa shape index (κ2) is 10.0. The molecule has 0 radical (unpaired) electrons. The number of anilines is 1. The van der Waals surface area contributed by atoms with Gasteiger partial charge in [-0.25, -0.2) is 4.98 Å². The Kier molecular flexibility index (Phi) is 7.75. The molecule has 0 spiro atoms. The highest BCUT2D eigenvalue weighted by Crippen LogP contribution is 2.16. The van der Waals surface area contributed by atoms with Gasteiger partial charge in [-0.1, -0.05) is 18.2 Å². The Morgan fingerprint density at radius 1 is 1.26 bits per heavy atom. The third kappa shape index (κ3) is 6.33. The lowest BCUT2D eigenvalue weighted by atomic mass is 10.2. The van der Waals surface area contributed by atoms with Gasteiger partial charge in [0.25, 0.3) is 0 Å². The van der Waals surface area contributed by atoms with Crippen LogP contribution in [0, 0.1) is 0 Å². The van der Waals surface area contributed by atoms with Crippen molar-refractivity contribution >= 4 is 33.6 Å². The third-order valence-electron chi connectivity index (χ3n) is 4.07. The fraction of sp³-hybridized carbons (Fsp3) is 0.316. The molecule has 0 bridgehead atoms. The Balaban J connectivity index is 1.84. The molecule has 8 heteroatoms. The van der Waals surface area contributed by atoms with E-state index in [0.717, 1.165) is 15.8 Å². The van der Waals surface area contributed by atoms with Gasteiger partial charge in [0, 0.05) is 22.8 Å². The first kappa shape index (κ1) is 20.9. The van der Waals surface area contributed by atoms with Crippen LogP contribution < -0.4 is 15.4 Å².